The molecule has 1 N–H and O–H groups in total. The predicted molar refractivity (Wildman–Crippen MR) is 122 cm³/mol. The van der Waals surface area contributed by atoms with Crippen molar-refractivity contribution in [2.75, 3.05) is 18.1 Å². The van der Waals surface area contributed by atoms with Gasteiger partial charge >= 0.3 is 6.18 Å². The molecule has 1 aliphatic heterocycles. The monoisotopic (exact) mass is 452 g/mol. The maximum absolute atomic E-state index is 12.9. The van der Waals surface area contributed by atoms with Crippen LogP contribution in [-0.2, 0) is 11.6 Å². The molecule has 0 amide bonds. The van der Waals surface area contributed by atoms with Crippen LogP contribution >= 0.6 is 0 Å². The number of aromatic nitrogens is 3. The highest BCUT2D eigenvalue weighted by Gasteiger charge is 2.31. The van der Waals surface area contributed by atoms with Crippen molar-refractivity contribution in [3.05, 3.63) is 65.9 Å². The largest absolute Gasteiger partial charge is 0.489 e. The zero-order valence-electron chi connectivity index (χ0n) is 18.5. The summed E-state index contributed by atoms with van der Waals surface area (Å²) in [4.78, 5) is 14.1. The minimum Gasteiger partial charge on any atom is -0.489 e. The summed E-state index contributed by atoms with van der Waals surface area (Å²) in [5.74, 6) is 1.74. The SMILES string of the molecule is CC(C)(C)c1ccc2nc(-c3cccc4c3OCCN4c3ccc(C(F)(F)F)cn3)[nH]c2c1. The quantitative estimate of drug-likeness (QED) is 0.379. The third kappa shape index (κ3) is 3.90. The first-order valence-corrected chi connectivity index (χ1v) is 10.7. The molecule has 1 aliphatic rings. The number of hydrogen-bond acceptors (Lipinski definition) is 4. The van der Waals surface area contributed by atoms with E-state index in [4.69, 9.17) is 9.72 Å². The smallest absolute Gasteiger partial charge is 0.417 e. The molecule has 0 aliphatic carbocycles. The number of nitrogens with zero attached hydrogens (tertiary/aromatic N) is 3. The number of halogens is 3. The number of aromatic amines is 1. The van der Waals surface area contributed by atoms with Crippen LogP contribution in [0.2, 0.25) is 0 Å². The van der Waals surface area contributed by atoms with Gasteiger partial charge in [-0.3, -0.25) is 0 Å². The molecule has 3 heterocycles. The van der Waals surface area contributed by atoms with E-state index in [0.29, 0.717) is 30.5 Å². The minimum atomic E-state index is -4.42. The van der Waals surface area contributed by atoms with Crippen LogP contribution in [0.15, 0.2) is 54.7 Å². The Morgan fingerprint density at radius 2 is 1.79 bits per heavy atom. The zero-order chi connectivity index (χ0) is 23.4. The van der Waals surface area contributed by atoms with Crippen molar-refractivity contribution in [3.8, 4) is 17.1 Å². The average molecular weight is 452 g/mol. The third-order valence-corrected chi connectivity index (χ3v) is 5.80. The van der Waals surface area contributed by atoms with E-state index in [-0.39, 0.29) is 5.41 Å². The number of rotatable bonds is 2. The summed E-state index contributed by atoms with van der Waals surface area (Å²) in [5.41, 5.74) is 3.77. The fraction of sp³-hybridized carbons (Fsp3) is 0.280. The molecule has 0 radical (unpaired) electrons. The molecule has 0 saturated heterocycles. The lowest BCUT2D eigenvalue weighted by molar-refractivity contribution is -0.137. The number of ether oxygens (including phenoxy) is 1. The summed E-state index contributed by atoms with van der Waals surface area (Å²) < 4.78 is 44.8. The van der Waals surface area contributed by atoms with Crippen molar-refractivity contribution in [2.45, 2.75) is 32.4 Å². The van der Waals surface area contributed by atoms with Crippen molar-refractivity contribution < 1.29 is 17.9 Å². The summed E-state index contributed by atoms with van der Waals surface area (Å²) in [7, 11) is 0. The Balaban J connectivity index is 1.55. The van der Waals surface area contributed by atoms with Crippen molar-refractivity contribution in [2.24, 2.45) is 0 Å². The maximum atomic E-state index is 12.9. The third-order valence-electron chi connectivity index (χ3n) is 5.80. The van der Waals surface area contributed by atoms with Crippen LogP contribution in [0, 0.1) is 0 Å². The van der Waals surface area contributed by atoms with Gasteiger partial charge in [-0.25, -0.2) is 9.97 Å². The molecule has 8 heteroatoms. The molecule has 2 aromatic carbocycles. The van der Waals surface area contributed by atoms with Gasteiger partial charge in [0.05, 0.1) is 34.4 Å². The van der Waals surface area contributed by atoms with E-state index in [1.165, 1.54) is 11.6 Å². The van der Waals surface area contributed by atoms with E-state index >= 15 is 0 Å². The standard InChI is InChI=1S/C25H23F3N4O/c1-24(2,3)15-7-9-18-19(13-15)31-23(30-18)17-5-4-6-20-22(17)33-12-11-32(20)21-10-8-16(14-29-21)25(26,27)28/h4-10,13-14H,11-12H2,1-3H3,(H,30,31). The van der Waals surface area contributed by atoms with Gasteiger partial charge in [0, 0.05) is 6.20 Å². The lowest BCUT2D eigenvalue weighted by atomic mass is 9.87. The number of hydrogen-bond donors (Lipinski definition) is 1. The Labute approximate surface area is 189 Å². The van der Waals surface area contributed by atoms with Crippen LogP contribution in [0.3, 0.4) is 0 Å². The van der Waals surface area contributed by atoms with Gasteiger partial charge in [-0.2, -0.15) is 13.2 Å². The Hall–Kier alpha value is -3.55. The van der Waals surface area contributed by atoms with E-state index in [1.54, 1.807) is 0 Å². The van der Waals surface area contributed by atoms with Crippen molar-refractivity contribution in [1.29, 1.82) is 0 Å². The first-order valence-electron chi connectivity index (χ1n) is 10.7. The van der Waals surface area contributed by atoms with Gasteiger partial charge in [0.25, 0.3) is 0 Å². The van der Waals surface area contributed by atoms with Gasteiger partial charge in [-0.05, 0) is 47.4 Å². The molecule has 0 unspecified atom stereocenters. The van der Waals surface area contributed by atoms with Gasteiger partial charge in [0.2, 0.25) is 0 Å². The van der Waals surface area contributed by atoms with E-state index in [1.807, 2.05) is 29.2 Å². The normalized spacial score (nSPS) is 14.3. The predicted octanol–water partition coefficient (Wildman–Crippen LogP) is 6.47. The molecule has 4 aromatic rings. The fourth-order valence-corrected chi connectivity index (χ4v) is 3.99. The second-order valence-electron chi connectivity index (χ2n) is 9.12. The summed E-state index contributed by atoms with van der Waals surface area (Å²) in [6.45, 7) is 7.34. The van der Waals surface area contributed by atoms with Crippen LogP contribution < -0.4 is 9.64 Å². The number of pyridine rings is 1. The first kappa shape index (κ1) is 21.3. The molecular formula is C25H23F3N4O. The highest BCUT2D eigenvalue weighted by Crippen LogP contribution is 2.43. The molecule has 0 fully saturated rings. The Morgan fingerprint density at radius 1 is 1.00 bits per heavy atom. The number of alkyl halides is 3. The van der Waals surface area contributed by atoms with Gasteiger partial charge in [0.15, 0.2) is 5.75 Å². The van der Waals surface area contributed by atoms with Crippen LogP contribution in [0.25, 0.3) is 22.4 Å². The number of fused-ring (bicyclic) bond motifs is 2. The zero-order valence-corrected chi connectivity index (χ0v) is 18.5. The summed E-state index contributed by atoms with van der Waals surface area (Å²) >= 11 is 0. The molecule has 0 bridgehead atoms. The molecule has 0 saturated carbocycles. The highest BCUT2D eigenvalue weighted by molar-refractivity contribution is 5.85. The summed E-state index contributed by atoms with van der Waals surface area (Å²) in [6.07, 6.45) is -3.56. The van der Waals surface area contributed by atoms with Crippen molar-refractivity contribution in [1.82, 2.24) is 15.0 Å². The Kier molecular flexibility index (Phi) is 4.84. The molecule has 0 atom stereocenters. The number of nitrogens with one attached hydrogen (secondary N) is 1. The molecule has 0 spiro atoms. The summed E-state index contributed by atoms with van der Waals surface area (Å²) in [6, 6.07) is 14.3. The van der Waals surface area contributed by atoms with Crippen molar-refractivity contribution in [3.63, 3.8) is 0 Å². The van der Waals surface area contributed by atoms with Gasteiger partial charge in [-0.1, -0.05) is 32.9 Å². The van der Waals surface area contributed by atoms with Gasteiger partial charge in [-0.15, -0.1) is 0 Å². The van der Waals surface area contributed by atoms with E-state index in [2.05, 4.69) is 42.9 Å². The fourth-order valence-electron chi connectivity index (χ4n) is 3.99. The van der Waals surface area contributed by atoms with Crippen molar-refractivity contribution >= 4 is 22.5 Å². The molecule has 170 valence electrons. The number of para-hydroxylation sites is 1. The molecule has 33 heavy (non-hydrogen) atoms. The highest BCUT2D eigenvalue weighted by atomic mass is 19.4. The number of anilines is 2. The van der Waals surface area contributed by atoms with E-state index < -0.39 is 11.7 Å². The average Bonchev–Trinajstić information content (AvgIpc) is 3.20. The Morgan fingerprint density at radius 3 is 2.48 bits per heavy atom. The lowest BCUT2D eigenvalue weighted by Gasteiger charge is -2.31. The van der Waals surface area contributed by atoms with Crippen LogP contribution in [0.1, 0.15) is 31.9 Å². The molecule has 5 rings (SSSR count). The topological polar surface area (TPSA) is 54.0 Å². The van der Waals surface area contributed by atoms with Crippen LogP contribution in [0.5, 0.6) is 5.75 Å². The minimum absolute atomic E-state index is 0.0175. The van der Waals surface area contributed by atoms with Crippen LogP contribution in [-0.4, -0.2) is 28.1 Å². The summed E-state index contributed by atoms with van der Waals surface area (Å²) in [5, 5.41) is 0. The molecule has 5 nitrogen and oxygen atoms in total. The molecular weight excluding hydrogens is 429 g/mol. The Bertz CT molecular complexity index is 1320. The lowest BCUT2D eigenvalue weighted by Crippen LogP contribution is -2.29. The van der Waals surface area contributed by atoms with E-state index in [9.17, 15) is 13.2 Å². The molecule has 2 aromatic heterocycles. The first-order chi connectivity index (χ1) is 15.6. The van der Waals surface area contributed by atoms with Crippen LogP contribution in [0.4, 0.5) is 24.7 Å². The second-order valence-corrected chi connectivity index (χ2v) is 9.12. The second kappa shape index (κ2) is 7.50. The van der Waals surface area contributed by atoms with E-state index in [0.717, 1.165) is 34.5 Å². The maximum Gasteiger partial charge on any atom is 0.417 e. The number of H-pyrrole nitrogens is 1. The van der Waals surface area contributed by atoms with Gasteiger partial charge < -0.3 is 14.6 Å². The number of imidazole rings is 1. The van der Waals surface area contributed by atoms with Gasteiger partial charge in [0.1, 0.15) is 18.2 Å². The number of benzene rings is 2.